The Bertz CT molecular complexity index is 1700. The van der Waals surface area contributed by atoms with Gasteiger partial charge in [-0.05, 0) is 71.8 Å². The fourth-order valence-electron chi connectivity index (χ4n) is 4.14. The van der Waals surface area contributed by atoms with Gasteiger partial charge in [0.2, 0.25) is 11.8 Å². The van der Waals surface area contributed by atoms with Crippen LogP contribution in [0.1, 0.15) is 16.7 Å². The number of nitrogens with two attached hydrogens (primary N) is 1. The zero-order chi connectivity index (χ0) is 32.7. The first-order valence-electron chi connectivity index (χ1n) is 13.9. The maximum absolute atomic E-state index is 13.4. The van der Waals surface area contributed by atoms with Gasteiger partial charge < -0.3 is 15.4 Å². The minimum atomic E-state index is -0.920. The molecule has 46 heavy (non-hydrogen) atoms. The summed E-state index contributed by atoms with van der Waals surface area (Å²) >= 11 is 6.17. The predicted octanol–water partition coefficient (Wildman–Crippen LogP) is 5.19. The molecule has 5 N–H and O–H groups in total. The van der Waals surface area contributed by atoms with Crippen LogP contribution in [-0.4, -0.2) is 42.0 Å². The zero-order valence-corrected chi connectivity index (χ0v) is 25.3. The lowest BCUT2D eigenvalue weighted by atomic mass is 10.0. The molecule has 1 aromatic heterocycles. The second-order valence-electron chi connectivity index (χ2n) is 9.69. The summed E-state index contributed by atoms with van der Waals surface area (Å²) in [5, 5.41) is 16.9. The number of carbonyl (C=O) groups is 3. The molecule has 0 bridgehead atoms. The van der Waals surface area contributed by atoms with Crippen LogP contribution in [-0.2, 0) is 27.4 Å². The van der Waals surface area contributed by atoms with Gasteiger partial charge in [0.1, 0.15) is 19.0 Å². The monoisotopic (exact) mass is 638 g/mol. The number of pyridine rings is 1. The molecule has 0 saturated heterocycles. The topological polar surface area (TPSA) is 163 Å². The smallest absolute Gasteiger partial charge is 0.411 e. The average molecular weight is 639 g/mol. The van der Waals surface area contributed by atoms with Crippen molar-refractivity contribution in [2.45, 2.75) is 19.1 Å². The van der Waals surface area contributed by atoms with Crippen molar-refractivity contribution in [2.75, 3.05) is 15.6 Å². The summed E-state index contributed by atoms with van der Waals surface area (Å²) in [7, 11) is 0. The van der Waals surface area contributed by atoms with E-state index < -0.39 is 23.9 Å². The van der Waals surface area contributed by atoms with Crippen molar-refractivity contribution in [3.8, 4) is 0 Å². The number of benzene rings is 3. The molecule has 12 nitrogen and oxygen atoms in total. The highest BCUT2D eigenvalue weighted by atomic mass is 35.5. The van der Waals surface area contributed by atoms with Gasteiger partial charge in [-0.2, -0.15) is 5.10 Å². The first kappa shape index (κ1) is 33.1. The van der Waals surface area contributed by atoms with Crippen molar-refractivity contribution >= 4 is 65.7 Å². The molecule has 234 valence electrons. The molecule has 4 aromatic rings. The first-order valence-corrected chi connectivity index (χ1v) is 14.3. The summed E-state index contributed by atoms with van der Waals surface area (Å²) in [6, 6.07) is 23.3. The van der Waals surface area contributed by atoms with Crippen LogP contribution in [0.5, 0.6) is 0 Å². The minimum absolute atomic E-state index is 0.0974. The lowest BCUT2D eigenvalue weighted by Crippen LogP contribution is -2.44. The molecule has 0 unspecified atom stereocenters. The maximum atomic E-state index is 13.4. The molecule has 13 heteroatoms. The molecule has 0 fully saturated rings. The summed E-state index contributed by atoms with van der Waals surface area (Å²) in [5.74, 6) is 5.07. The number of hydrogen-bond donors (Lipinski definition) is 4. The molecular formula is C33H31ClN8O4. The summed E-state index contributed by atoms with van der Waals surface area (Å²) in [5.41, 5.74) is 3.62. The standard InChI is InChI=1S/C33H31ClN8O4/c1-36-38-22-42(35)30-13-8-26(34)20-25(30)7-14-31(43)41-29(19-23-5-3-2-4-6-23)32(44)39-27-9-11-28(12-10-27)40-33(45)46-21-24-15-17-37-18-16-24/h2-18,20,22,29H,1,19,21,35H2,(H,39,44)(H,40,45)(H,41,43)/b14-7+,38-22-/t29-/m0/s1. The van der Waals surface area contributed by atoms with Crippen molar-refractivity contribution in [3.63, 3.8) is 0 Å². The van der Waals surface area contributed by atoms with Gasteiger partial charge in [0, 0.05) is 53.6 Å². The van der Waals surface area contributed by atoms with E-state index in [1.807, 2.05) is 30.3 Å². The maximum Gasteiger partial charge on any atom is 0.411 e. The second kappa shape index (κ2) is 16.9. The van der Waals surface area contributed by atoms with Gasteiger partial charge in [0.15, 0.2) is 0 Å². The third-order valence-corrected chi connectivity index (χ3v) is 6.61. The lowest BCUT2D eigenvalue weighted by molar-refractivity contribution is -0.123. The number of halogens is 1. The van der Waals surface area contributed by atoms with E-state index in [1.165, 1.54) is 23.5 Å². The van der Waals surface area contributed by atoms with Crippen LogP contribution >= 0.6 is 11.6 Å². The molecule has 3 amide bonds. The zero-order valence-electron chi connectivity index (χ0n) is 24.5. The third kappa shape index (κ3) is 10.4. The van der Waals surface area contributed by atoms with E-state index in [-0.39, 0.29) is 13.0 Å². The average Bonchev–Trinajstić information content (AvgIpc) is 3.07. The van der Waals surface area contributed by atoms with Gasteiger partial charge in [-0.25, -0.2) is 10.6 Å². The highest BCUT2D eigenvalue weighted by molar-refractivity contribution is 6.30. The molecule has 0 radical (unpaired) electrons. The quantitative estimate of drug-likeness (QED) is 0.0515. The van der Waals surface area contributed by atoms with Crippen LogP contribution in [0.15, 0.2) is 114 Å². The van der Waals surface area contributed by atoms with Crippen molar-refractivity contribution < 1.29 is 19.1 Å². The van der Waals surface area contributed by atoms with E-state index >= 15 is 0 Å². The molecule has 0 aliphatic heterocycles. The Balaban J connectivity index is 1.41. The Labute approximate surface area is 270 Å². The van der Waals surface area contributed by atoms with Crippen molar-refractivity contribution in [1.82, 2.24) is 10.3 Å². The Morgan fingerprint density at radius 1 is 0.957 bits per heavy atom. The number of ether oxygens (including phenoxy) is 1. The summed E-state index contributed by atoms with van der Waals surface area (Å²) < 4.78 is 5.22. The molecule has 0 aliphatic rings. The number of aromatic nitrogens is 1. The van der Waals surface area contributed by atoms with E-state index in [9.17, 15) is 14.4 Å². The van der Waals surface area contributed by atoms with Gasteiger partial charge in [0.05, 0.1) is 5.69 Å². The highest BCUT2D eigenvalue weighted by Crippen LogP contribution is 2.24. The number of anilines is 3. The lowest BCUT2D eigenvalue weighted by Gasteiger charge is -2.18. The predicted molar refractivity (Wildman–Crippen MR) is 180 cm³/mol. The second-order valence-corrected chi connectivity index (χ2v) is 10.1. The largest absolute Gasteiger partial charge is 0.444 e. The number of carbonyl (C=O) groups excluding carboxylic acids is 3. The normalized spacial score (nSPS) is 11.5. The van der Waals surface area contributed by atoms with E-state index in [4.69, 9.17) is 22.2 Å². The fraction of sp³-hybridized carbons (Fsp3) is 0.0909. The van der Waals surface area contributed by atoms with Gasteiger partial charge in [-0.1, -0.05) is 41.9 Å². The van der Waals surface area contributed by atoms with Crippen LogP contribution in [0.4, 0.5) is 21.9 Å². The van der Waals surface area contributed by atoms with Crippen LogP contribution < -0.4 is 26.8 Å². The number of amides is 3. The van der Waals surface area contributed by atoms with E-state index in [0.717, 1.165) is 11.1 Å². The Kier molecular flexibility index (Phi) is 12.1. The Hall–Kier alpha value is -5.85. The molecule has 3 aromatic carbocycles. The highest BCUT2D eigenvalue weighted by Gasteiger charge is 2.21. The number of rotatable bonds is 13. The van der Waals surface area contributed by atoms with E-state index in [2.05, 4.69) is 37.9 Å². The van der Waals surface area contributed by atoms with Gasteiger partial charge >= 0.3 is 6.09 Å². The van der Waals surface area contributed by atoms with E-state index in [0.29, 0.717) is 27.6 Å². The first-order chi connectivity index (χ1) is 22.3. The number of nitrogens with one attached hydrogen (secondary N) is 3. The minimum Gasteiger partial charge on any atom is -0.444 e. The fourth-order valence-corrected chi connectivity index (χ4v) is 4.32. The summed E-state index contributed by atoms with van der Waals surface area (Å²) in [6.45, 7) is 3.37. The Morgan fingerprint density at radius 3 is 2.35 bits per heavy atom. The van der Waals surface area contributed by atoms with Gasteiger partial charge in [-0.15, -0.1) is 5.10 Å². The van der Waals surface area contributed by atoms with Gasteiger partial charge in [-0.3, -0.25) is 24.9 Å². The Morgan fingerprint density at radius 2 is 1.65 bits per heavy atom. The molecular weight excluding hydrogens is 608 g/mol. The van der Waals surface area contributed by atoms with Crippen molar-refractivity contribution in [1.29, 1.82) is 0 Å². The number of hydrogen-bond acceptors (Lipinski definition) is 8. The van der Waals surface area contributed by atoms with Crippen LogP contribution in [0.2, 0.25) is 5.02 Å². The number of nitrogens with zero attached hydrogens (tertiary/aromatic N) is 4. The van der Waals surface area contributed by atoms with Crippen molar-refractivity contribution in [3.05, 3.63) is 125 Å². The molecule has 1 atom stereocenters. The summed E-state index contributed by atoms with van der Waals surface area (Å²) in [4.78, 5) is 42.5. The number of hydrazine groups is 1. The third-order valence-electron chi connectivity index (χ3n) is 6.37. The van der Waals surface area contributed by atoms with Crippen LogP contribution in [0, 0.1) is 0 Å². The van der Waals surface area contributed by atoms with Crippen molar-refractivity contribution in [2.24, 2.45) is 16.0 Å². The summed E-state index contributed by atoms with van der Waals surface area (Å²) in [6.07, 6.45) is 6.90. The van der Waals surface area contributed by atoms with Crippen LogP contribution in [0.25, 0.3) is 6.08 Å². The van der Waals surface area contributed by atoms with Crippen LogP contribution in [0.3, 0.4) is 0 Å². The van der Waals surface area contributed by atoms with Gasteiger partial charge in [0.25, 0.3) is 0 Å². The van der Waals surface area contributed by atoms with E-state index in [1.54, 1.807) is 67.0 Å². The molecule has 0 spiro atoms. The molecule has 0 aliphatic carbocycles. The SMILES string of the molecule is C=N/N=C\N(N)c1ccc(Cl)cc1/C=C/C(=O)N[C@@H](Cc1ccccc1)C(=O)Nc1ccc(NC(=O)OCc2ccncc2)cc1. The molecule has 4 rings (SSSR count). The molecule has 0 saturated carbocycles. The molecule has 1 heterocycles.